The maximum Gasteiger partial charge on any atom is 0.334 e. The molecule has 0 bridgehead atoms. The zero-order valence-corrected chi connectivity index (χ0v) is 12.9. The number of benzene rings is 2. The molecule has 23 heavy (non-hydrogen) atoms. The van der Waals surface area contributed by atoms with Crippen LogP contribution in [0.2, 0.25) is 0 Å². The van der Waals surface area contributed by atoms with Crippen molar-refractivity contribution in [2.45, 2.75) is 0 Å². The molecule has 114 valence electrons. The summed E-state index contributed by atoms with van der Waals surface area (Å²) in [5, 5.41) is 0.953. The van der Waals surface area contributed by atoms with Gasteiger partial charge < -0.3 is 4.74 Å². The number of hydrogen-bond donors (Lipinski definition) is 0. The van der Waals surface area contributed by atoms with Crippen LogP contribution in [0.4, 0.5) is 0 Å². The zero-order valence-electron chi connectivity index (χ0n) is 12.9. The van der Waals surface area contributed by atoms with Crippen molar-refractivity contribution in [3.63, 3.8) is 0 Å². The minimum absolute atomic E-state index is 0.106. The number of fused-ring (bicyclic) bond motifs is 3. The largest absolute Gasteiger partial charge is 0.497 e. The molecule has 5 heteroatoms. The minimum Gasteiger partial charge on any atom is -0.497 e. The molecule has 0 unspecified atom stereocenters. The van der Waals surface area contributed by atoms with Crippen LogP contribution < -0.4 is 10.4 Å². The lowest BCUT2D eigenvalue weighted by atomic mass is 10.2. The predicted octanol–water partition coefficient (Wildman–Crippen LogP) is 2.86. The van der Waals surface area contributed by atoms with Crippen LogP contribution in [-0.4, -0.2) is 21.1 Å². The third-order valence-corrected chi connectivity index (χ3v) is 4.09. The molecule has 0 aliphatic carbocycles. The second-order valence-corrected chi connectivity index (χ2v) is 5.41. The molecule has 4 rings (SSSR count). The number of nitrogens with zero attached hydrogens (tertiary/aromatic N) is 3. The van der Waals surface area contributed by atoms with Gasteiger partial charge in [-0.2, -0.15) is 0 Å². The van der Waals surface area contributed by atoms with Crippen LogP contribution in [0.3, 0.4) is 0 Å². The van der Waals surface area contributed by atoms with Crippen molar-refractivity contribution in [1.29, 1.82) is 0 Å². The van der Waals surface area contributed by atoms with Crippen molar-refractivity contribution >= 4 is 16.6 Å². The number of imidazole rings is 1. The van der Waals surface area contributed by atoms with Gasteiger partial charge in [-0.1, -0.05) is 12.1 Å². The number of aryl methyl sites for hydroxylation is 1. The van der Waals surface area contributed by atoms with Gasteiger partial charge in [-0.3, -0.25) is 8.97 Å². The van der Waals surface area contributed by atoms with Gasteiger partial charge in [0.2, 0.25) is 0 Å². The molecule has 0 radical (unpaired) electrons. The molecule has 2 aromatic carbocycles. The summed E-state index contributed by atoms with van der Waals surface area (Å²) < 4.78 is 8.42. The van der Waals surface area contributed by atoms with Crippen LogP contribution >= 0.6 is 0 Å². The Morgan fingerprint density at radius 1 is 1.04 bits per heavy atom. The molecule has 0 saturated heterocycles. The van der Waals surface area contributed by atoms with Gasteiger partial charge in [0.25, 0.3) is 0 Å². The van der Waals surface area contributed by atoms with Gasteiger partial charge in [-0.25, -0.2) is 9.78 Å². The lowest BCUT2D eigenvalue weighted by Gasteiger charge is -2.05. The Labute approximate surface area is 132 Å². The Hall–Kier alpha value is -3.08. The second-order valence-electron chi connectivity index (χ2n) is 5.41. The maximum absolute atomic E-state index is 12.6. The monoisotopic (exact) mass is 305 g/mol. The topological polar surface area (TPSA) is 48.5 Å². The fourth-order valence-corrected chi connectivity index (χ4v) is 2.84. The third kappa shape index (κ3) is 2.01. The van der Waals surface area contributed by atoms with E-state index in [9.17, 15) is 4.79 Å². The van der Waals surface area contributed by atoms with Gasteiger partial charge in [0.15, 0.2) is 5.65 Å². The Bertz CT molecular complexity index is 1080. The summed E-state index contributed by atoms with van der Waals surface area (Å²) in [4.78, 5) is 17.2. The van der Waals surface area contributed by atoms with Crippen molar-refractivity contribution < 1.29 is 4.74 Å². The van der Waals surface area contributed by atoms with Crippen molar-refractivity contribution in [3.8, 4) is 17.0 Å². The molecule has 0 spiro atoms. The first kappa shape index (κ1) is 13.6. The minimum atomic E-state index is -0.106. The molecule has 0 saturated carbocycles. The molecule has 0 aliphatic heterocycles. The molecule has 4 aromatic rings. The summed E-state index contributed by atoms with van der Waals surface area (Å²) >= 11 is 0. The zero-order chi connectivity index (χ0) is 16.0. The highest BCUT2D eigenvalue weighted by Crippen LogP contribution is 2.24. The van der Waals surface area contributed by atoms with Crippen LogP contribution in [0.25, 0.3) is 27.8 Å². The van der Waals surface area contributed by atoms with Crippen LogP contribution in [0.1, 0.15) is 0 Å². The normalized spacial score (nSPS) is 11.2. The number of hydrogen-bond acceptors (Lipinski definition) is 3. The van der Waals surface area contributed by atoms with E-state index in [2.05, 4.69) is 4.98 Å². The first-order chi connectivity index (χ1) is 11.2. The maximum atomic E-state index is 12.6. The van der Waals surface area contributed by atoms with E-state index in [1.165, 1.54) is 0 Å². The van der Waals surface area contributed by atoms with E-state index in [1.54, 1.807) is 29.3 Å². The van der Waals surface area contributed by atoms with E-state index < -0.39 is 0 Å². The highest BCUT2D eigenvalue weighted by Gasteiger charge is 2.12. The van der Waals surface area contributed by atoms with E-state index in [4.69, 9.17) is 4.74 Å². The van der Waals surface area contributed by atoms with E-state index in [1.807, 2.05) is 48.5 Å². The van der Waals surface area contributed by atoms with E-state index in [-0.39, 0.29) is 5.69 Å². The predicted molar refractivity (Wildman–Crippen MR) is 89.9 cm³/mol. The van der Waals surface area contributed by atoms with Crippen LogP contribution in [0.15, 0.2) is 59.5 Å². The quantitative estimate of drug-likeness (QED) is 0.572. The van der Waals surface area contributed by atoms with Crippen molar-refractivity contribution in [2.24, 2.45) is 7.05 Å². The molecular formula is C18H15N3O2. The average Bonchev–Trinajstić information content (AvgIpc) is 3.05. The summed E-state index contributed by atoms with van der Waals surface area (Å²) in [6, 6.07) is 15.4. The highest BCUT2D eigenvalue weighted by molar-refractivity contribution is 5.92. The van der Waals surface area contributed by atoms with Crippen molar-refractivity contribution in [3.05, 3.63) is 65.2 Å². The smallest absolute Gasteiger partial charge is 0.334 e. The molecule has 0 fully saturated rings. The Morgan fingerprint density at radius 3 is 2.52 bits per heavy atom. The van der Waals surface area contributed by atoms with Crippen LogP contribution in [0.5, 0.6) is 5.75 Å². The van der Waals surface area contributed by atoms with Crippen molar-refractivity contribution in [1.82, 2.24) is 14.0 Å². The number of rotatable bonds is 2. The van der Waals surface area contributed by atoms with E-state index in [0.717, 1.165) is 27.9 Å². The van der Waals surface area contributed by atoms with Crippen molar-refractivity contribution in [2.75, 3.05) is 7.11 Å². The molecule has 0 atom stereocenters. The molecule has 2 aromatic heterocycles. The van der Waals surface area contributed by atoms with Gasteiger partial charge in [-0.15, -0.1) is 0 Å². The lowest BCUT2D eigenvalue weighted by molar-refractivity contribution is 0.415. The van der Waals surface area contributed by atoms with Crippen LogP contribution in [-0.2, 0) is 7.05 Å². The van der Waals surface area contributed by atoms with E-state index in [0.29, 0.717) is 5.65 Å². The van der Waals surface area contributed by atoms with Gasteiger partial charge in [0, 0.05) is 24.2 Å². The first-order valence-corrected chi connectivity index (χ1v) is 7.30. The Morgan fingerprint density at radius 2 is 1.78 bits per heavy atom. The SMILES string of the molecule is COc1ccc(-c2cn3c(=O)n(C)c4ccccc4c3n2)cc1. The fourth-order valence-electron chi connectivity index (χ4n) is 2.84. The van der Waals surface area contributed by atoms with Crippen LogP contribution in [0, 0.1) is 0 Å². The third-order valence-electron chi connectivity index (χ3n) is 4.09. The summed E-state index contributed by atoms with van der Waals surface area (Å²) in [5.74, 6) is 0.791. The average molecular weight is 305 g/mol. The molecular weight excluding hydrogens is 290 g/mol. The van der Waals surface area contributed by atoms with Gasteiger partial charge >= 0.3 is 5.69 Å². The van der Waals surface area contributed by atoms with Gasteiger partial charge in [0.05, 0.1) is 18.3 Å². The molecule has 0 aliphatic rings. The fraction of sp³-hybridized carbons (Fsp3) is 0.111. The number of ether oxygens (including phenoxy) is 1. The summed E-state index contributed by atoms with van der Waals surface area (Å²) in [5.41, 5.74) is 3.15. The van der Waals surface area contributed by atoms with Gasteiger partial charge in [0.1, 0.15) is 5.75 Å². The van der Waals surface area contributed by atoms with E-state index >= 15 is 0 Å². The molecule has 0 amide bonds. The molecule has 2 heterocycles. The molecule has 5 nitrogen and oxygen atoms in total. The first-order valence-electron chi connectivity index (χ1n) is 7.30. The number of methoxy groups -OCH3 is 1. The Kier molecular flexibility index (Phi) is 2.94. The lowest BCUT2D eigenvalue weighted by Crippen LogP contribution is -2.23. The standard InChI is InChI=1S/C18H15N3O2/c1-20-16-6-4-3-5-14(16)17-19-15(11-21(17)18(20)22)12-7-9-13(23-2)10-8-12/h3-11H,1-2H3. The highest BCUT2D eigenvalue weighted by atomic mass is 16.5. The summed E-state index contributed by atoms with van der Waals surface area (Å²) in [6.07, 6.45) is 1.78. The number of aromatic nitrogens is 3. The number of para-hydroxylation sites is 1. The summed E-state index contributed by atoms with van der Waals surface area (Å²) in [6.45, 7) is 0. The van der Waals surface area contributed by atoms with Gasteiger partial charge in [-0.05, 0) is 36.4 Å². The Balaban J connectivity index is 2.02. The summed E-state index contributed by atoms with van der Waals surface area (Å²) in [7, 11) is 3.41. The second kappa shape index (κ2) is 4.98. The molecule has 0 N–H and O–H groups in total.